The number of hydrogen-bond donors (Lipinski definition) is 3. The van der Waals surface area contributed by atoms with E-state index in [2.05, 4.69) is 32.8 Å². The Morgan fingerprint density at radius 3 is 2.74 bits per heavy atom. The van der Waals surface area contributed by atoms with Crippen LogP contribution < -0.4 is 16.0 Å². The number of anilines is 1. The number of amides is 1. The van der Waals surface area contributed by atoms with Crippen LogP contribution >= 0.6 is 11.8 Å². The number of alkyl halides is 3. The summed E-state index contributed by atoms with van der Waals surface area (Å²) < 4.78 is 46.7. The van der Waals surface area contributed by atoms with Gasteiger partial charge in [0.15, 0.2) is 0 Å². The third-order valence-corrected chi connectivity index (χ3v) is 6.92. The maximum Gasteiger partial charge on any atom is 0.406 e. The van der Waals surface area contributed by atoms with Crippen molar-refractivity contribution in [3.63, 3.8) is 0 Å². The van der Waals surface area contributed by atoms with Crippen LogP contribution in [0.5, 0.6) is 0 Å². The average Bonchev–Trinajstić information content (AvgIpc) is 3.25. The smallest absolute Gasteiger partial charge is 0.381 e. The lowest BCUT2D eigenvalue weighted by molar-refractivity contribution is -0.140. The highest BCUT2D eigenvalue weighted by Gasteiger charge is 2.29. The lowest BCUT2D eigenvalue weighted by Crippen LogP contribution is -2.34. The first kappa shape index (κ1) is 28.8. The van der Waals surface area contributed by atoms with Crippen LogP contribution in [0, 0.1) is 11.8 Å². The quantitative estimate of drug-likeness (QED) is 0.252. The Balaban J connectivity index is 1.42. The number of thioether (sulfide) groups is 1. The number of carbonyl (C=O) groups is 1. The van der Waals surface area contributed by atoms with Crippen LogP contribution in [0.25, 0.3) is 10.9 Å². The van der Waals surface area contributed by atoms with E-state index in [1.807, 2.05) is 18.4 Å². The van der Waals surface area contributed by atoms with Gasteiger partial charge in [-0.05, 0) is 60.9 Å². The zero-order valence-corrected chi connectivity index (χ0v) is 22.6. The fraction of sp³-hybridized carbons (Fsp3) is 0.429. The summed E-state index contributed by atoms with van der Waals surface area (Å²) in [5.41, 5.74) is 2.77. The number of nitrogens with one attached hydrogen (secondary N) is 3. The average molecular weight is 560 g/mol. The molecule has 0 unspecified atom stereocenters. The van der Waals surface area contributed by atoms with Crippen molar-refractivity contribution in [1.82, 2.24) is 20.2 Å². The SMILES string of the molecule is CSCCNC(=O)c1ccc(NCC#Cc2cc3cc(CNC4CCOCC4)ccc3n2CC(F)(F)F)cn1. The molecule has 0 atom stereocenters. The fourth-order valence-electron chi connectivity index (χ4n) is 4.32. The molecule has 11 heteroatoms. The molecule has 0 aliphatic carbocycles. The third kappa shape index (κ3) is 8.65. The summed E-state index contributed by atoms with van der Waals surface area (Å²) in [6.45, 7) is 1.78. The molecule has 0 bridgehead atoms. The number of fused-ring (bicyclic) bond motifs is 1. The van der Waals surface area contributed by atoms with Gasteiger partial charge in [0.05, 0.1) is 24.1 Å². The van der Waals surface area contributed by atoms with Crippen LogP contribution in [0.4, 0.5) is 18.9 Å². The molecule has 7 nitrogen and oxygen atoms in total. The van der Waals surface area contributed by atoms with E-state index in [-0.39, 0.29) is 12.5 Å². The summed E-state index contributed by atoms with van der Waals surface area (Å²) in [5.74, 6) is 6.38. The summed E-state index contributed by atoms with van der Waals surface area (Å²) >= 11 is 1.64. The number of nitrogens with zero attached hydrogens (tertiary/aromatic N) is 2. The summed E-state index contributed by atoms with van der Waals surface area (Å²) in [6, 6.07) is 10.9. The molecule has 39 heavy (non-hydrogen) atoms. The van der Waals surface area contributed by atoms with Gasteiger partial charge in [-0.15, -0.1) is 0 Å². The molecule has 1 amide bonds. The molecular formula is C28H32F3N5O2S. The van der Waals surface area contributed by atoms with Crippen molar-refractivity contribution in [2.75, 3.05) is 43.6 Å². The summed E-state index contributed by atoms with van der Waals surface area (Å²) in [7, 11) is 0. The van der Waals surface area contributed by atoms with E-state index in [0.29, 0.717) is 41.7 Å². The molecule has 3 N–H and O–H groups in total. The lowest BCUT2D eigenvalue weighted by Gasteiger charge is -2.23. The highest BCUT2D eigenvalue weighted by atomic mass is 32.2. The summed E-state index contributed by atoms with van der Waals surface area (Å²) in [4.78, 5) is 16.2. The summed E-state index contributed by atoms with van der Waals surface area (Å²) in [6.07, 6.45) is 1.02. The molecule has 1 fully saturated rings. The number of aromatic nitrogens is 2. The van der Waals surface area contributed by atoms with Crippen molar-refractivity contribution < 1.29 is 22.7 Å². The van der Waals surface area contributed by atoms with E-state index in [1.165, 1.54) is 10.8 Å². The van der Waals surface area contributed by atoms with Crippen LogP contribution in [0.2, 0.25) is 0 Å². The maximum absolute atomic E-state index is 13.4. The van der Waals surface area contributed by atoms with Crippen LogP contribution in [0.15, 0.2) is 42.6 Å². The van der Waals surface area contributed by atoms with Crippen molar-refractivity contribution >= 4 is 34.3 Å². The Hall–Kier alpha value is -3.20. The minimum Gasteiger partial charge on any atom is -0.381 e. The molecular weight excluding hydrogens is 527 g/mol. The van der Waals surface area contributed by atoms with Gasteiger partial charge < -0.3 is 25.3 Å². The number of pyridine rings is 1. The standard InChI is InChI=1S/C28H32F3N5O2S/c1-39-14-11-33-27(37)25-6-5-23(18-35-25)32-10-2-3-24-16-21-15-20(17-34-22-8-12-38-13-9-22)4-7-26(21)36(24)19-28(29,30)31/h4-7,15-16,18,22,32,34H,8-14,17,19H2,1H3,(H,33,37). The van der Waals surface area contributed by atoms with Crippen LogP contribution in [0.1, 0.15) is 34.6 Å². The highest BCUT2D eigenvalue weighted by Crippen LogP contribution is 2.26. The van der Waals surface area contributed by atoms with Gasteiger partial charge >= 0.3 is 6.18 Å². The monoisotopic (exact) mass is 559 g/mol. The second-order valence-corrected chi connectivity index (χ2v) is 10.2. The Bertz CT molecular complexity index is 1310. The van der Waals surface area contributed by atoms with Gasteiger partial charge in [0.1, 0.15) is 12.2 Å². The normalized spacial score (nSPS) is 14.2. The second kappa shape index (κ2) is 13.7. The summed E-state index contributed by atoms with van der Waals surface area (Å²) in [5, 5.41) is 10.1. The fourth-order valence-corrected chi connectivity index (χ4v) is 4.62. The molecule has 1 saturated heterocycles. The number of ether oxygens (including phenoxy) is 1. The number of hydrogen-bond acceptors (Lipinski definition) is 6. The minimum absolute atomic E-state index is 0.203. The molecule has 3 heterocycles. The number of benzene rings is 1. The highest BCUT2D eigenvalue weighted by molar-refractivity contribution is 7.98. The molecule has 0 radical (unpaired) electrons. The lowest BCUT2D eigenvalue weighted by atomic mass is 10.1. The van der Waals surface area contributed by atoms with E-state index in [9.17, 15) is 18.0 Å². The first-order valence-electron chi connectivity index (χ1n) is 12.8. The van der Waals surface area contributed by atoms with Crippen molar-refractivity contribution in [2.24, 2.45) is 0 Å². The Morgan fingerprint density at radius 1 is 1.21 bits per heavy atom. The largest absolute Gasteiger partial charge is 0.406 e. The van der Waals surface area contributed by atoms with Crippen molar-refractivity contribution in [3.05, 3.63) is 59.5 Å². The first-order valence-corrected chi connectivity index (χ1v) is 14.2. The number of halogens is 3. The van der Waals surface area contributed by atoms with Gasteiger partial charge in [0.2, 0.25) is 0 Å². The van der Waals surface area contributed by atoms with E-state index in [0.717, 1.165) is 42.8 Å². The molecule has 1 aliphatic rings. The first-order chi connectivity index (χ1) is 18.8. The molecule has 3 aromatic rings. The predicted molar refractivity (Wildman–Crippen MR) is 149 cm³/mol. The van der Waals surface area contributed by atoms with Gasteiger partial charge in [-0.1, -0.05) is 12.0 Å². The number of rotatable bonds is 10. The van der Waals surface area contributed by atoms with E-state index in [1.54, 1.807) is 36.0 Å². The molecule has 0 spiro atoms. The molecule has 4 rings (SSSR count). The maximum atomic E-state index is 13.4. The molecule has 0 saturated carbocycles. The van der Waals surface area contributed by atoms with Crippen LogP contribution in [-0.2, 0) is 17.8 Å². The van der Waals surface area contributed by atoms with Gasteiger partial charge in [-0.25, -0.2) is 4.98 Å². The van der Waals surface area contributed by atoms with Crippen molar-refractivity contribution in [3.8, 4) is 11.8 Å². The molecule has 1 aliphatic heterocycles. The van der Waals surface area contributed by atoms with Crippen LogP contribution in [-0.4, -0.2) is 66.0 Å². The van der Waals surface area contributed by atoms with E-state index < -0.39 is 12.7 Å². The molecule has 1 aromatic carbocycles. The van der Waals surface area contributed by atoms with Gasteiger partial charge in [-0.3, -0.25) is 4.79 Å². The molecule has 208 valence electrons. The molecule has 2 aromatic heterocycles. The minimum atomic E-state index is -4.38. The van der Waals surface area contributed by atoms with Gasteiger partial charge in [0, 0.05) is 49.0 Å². The predicted octanol–water partition coefficient (Wildman–Crippen LogP) is 4.42. The van der Waals surface area contributed by atoms with Crippen molar-refractivity contribution in [2.45, 2.75) is 38.1 Å². The topological polar surface area (TPSA) is 80.2 Å². The zero-order valence-electron chi connectivity index (χ0n) is 21.7. The van der Waals surface area contributed by atoms with Gasteiger partial charge in [-0.2, -0.15) is 24.9 Å². The Morgan fingerprint density at radius 2 is 2.03 bits per heavy atom. The zero-order chi connectivity index (χ0) is 27.7. The Labute approximate surface area is 230 Å². The number of carbonyl (C=O) groups excluding carboxylic acids is 1. The van der Waals surface area contributed by atoms with Crippen molar-refractivity contribution in [1.29, 1.82) is 0 Å². The Kier molecular flexibility index (Phi) is 10.1. The third-order valence-electron chi connectivity index (χ3n) is 6.30. The van der Waals surface area contributed by atoms with E-state index >= 15 is 0 Å². The van der Waals surface area contributed by atoms with Gasteiger partial charge in [0.25, 0.3) is 5.91 Å². The van der Waals surface area contributed by atoms with Crippen LogP contribution in [0.3, 0.4) is 0 Å². The second-order valence-electron chi connectivity index (χ2n) is 9.23. The van der Waals surface area contributed by atoms with E-state index in [4.69, 9.17) is 4.74 Å².